The van der Waals surface area contributed by atoms with Crippen LogP contribution in [0, 0.1) is 5.92 Å². The molecule has 2 nitrogen and oxygen atoms in total. The van der Waals surface area contributed by atoms with Crippen LogP contribution in [0.3, 0.4) is 0 Å². The first-order valence-corrected chi connectivity index (χ1v) is 6.79. The number of hydrogen-bond donors (Lipinski definition) is 1. The van der Waals surface area contributed by atoms with E-state index in [4.69, 9.17) is 10.5 Å². The Morgan fingerprint density at radius 2 is 2.12 bits per heavy atom. The summed E-state index contributed by atoms with van der Waals surface area (Å²) in [7, 11) is 0. The standard InChI is InChI=1S/C15H21NO/c16-14(10-11-4-3-5-11)15-13-7-2-1-6-12(13)8-9-17-15/h1-2,6-7,11,14-15H,3-5,8-10,16H2. The van der Waals surface area contributed by atoms with Crippen LogP contribution in [-0.4, -0.2) is 12.6 Å². The molecule has 2 N–H and O–H groups in total. The van der Waals surface area contributed by atoms with Gasteiger partial charge in [0.15, 0.2) is 0 Å². The van der Waals surface area contributed by atoms with Gasteiger partial charge in [-0.2, -0.15) is 0 Å². The second-order valence-electron chi connectivity index (χ2n) is 5.44. The molecule has 0 radical (unpaired) electrons. The second kappa shape index (κ2) is 4.79. The third-order valence-corrected chi connectivity index (χ3v) is 4.25. The maximum absolute atomic E-state index is 6.35. The minimum Gasteiger partial charge on any atom is -0.372 e. The molecule has 0 spiro atoms. The van der Waals surface area contributed by atoms with Gasteiger partial charge in [0.05, 0.1) is 12.7 Å². The smallest absolute Gasteiger partial charge is 0.0978 e. The number of benzene rings is 1. The van der Waals surface area contributed by atoms with E-state index in [0.717, 1.165) is 25.4 Å². The minimum atomic E-state index is 0.126. The molecule has 2 unspecified atom stereocenters. The molecule has 92 valence electrons. The Kier molecular flexibility index (Phi) is 3.17. The highest BCUT2D eigenvalue weighted by atomic mass is 16.5. The molecule has 17 heavy (non-hydrogen) atoms. The highest BCUT2D eigenvalue weighted by Crippen LogP contribution is 2.36. The Labute approximate surface area is 103 Å². The van der Waals surface area contributed by atoms with Gasteiger partial charge in [0, 0.05) is 6.04 Å². The average Bonchev–Trinajstić information content (AvgIpc) is 2.33. The van der Waals surface area contributed by atoms with Crippen molar-refractivity contribution in [3.05, 3.63) is 35.4 Å². The van der Waals surface area contributed by atoms with Crippen molar-refractivity contribution in [3.63, 3.8) is 0 Å². The van der Waals surface area contributed by atoms with Crippen LogP contribution in [-0.2, 0) is 11.2 Å². The van der Waals surface area contributed by atoms with Crippen LogP contribution in [0.25, 0.3) is 0 Å². The predicted octanol–water partition coefficient (Wildman–Crippen LogP) is 2.82. The Bertz CT molecular complexity index is 386. The number of rotatable bonds is 3. The van der Waals surface area contributed by atoms with Gasteiger partial charge in [-0.25, -0.2) is 0 Å². The molecule has 0 bridgehead atoms. The van der Waals surface area contributed by atoms with Gasteiger partial charge >= 0.3 is 0 Å². The topological polar surface area (TPSA) is 35.2 Å². The van der Waals surface area contributed by atoms with Gasteiger partial charge in [-0.1, -0.05) is 43.5 Å². The average molecular weight is 231 g/mol. The maximum Gasteiger partial charge on any atom is 0.0978 e. The summed E-state index contributed by atoms with van der Waals surface area (Å²) in [6.07, 6.45) is 6.39. The number of fused-ring (bicyclic) bond motifs is 1. The van der Waals surface area contributed by atoms with Gasteiger partial charge in [-0.15, -0.1) is 0 Å². The van der Waals surface area contributed by atoms with Gasteiger partial charge in [0.2, 0.25) is 0 Å². The molecule has 0 amide bonds. The van der Waals surface area contributed by atoms with Crippen molar-refractivity contribution < 1.29 is 4.74 Å². The molecule has 1 aromatic rings. The molecule has 1 aliphatic carbocycles. The molecule has 1 saturated carbocycles. The number of hydrogen-bond acceptors (Lipinski definition) is 2. The summed E-state index contributed by atoms with van der Waals surface area (Å²) < 4.78 is 5.91. The van der Waals surface area contributed by atoms with Crippen molar-refractivity contribution in [3.8, 4) is 0 Å². The Morgan fingerprint density at radius 1 is 1.29 bits per heavy atom. The Balaban J connectivity index is 1.74. The van der Waals surface area contributed by atoms with Crippen molar-refractivity contribution in [2.45, 2.75) is 44.2 Å². The zero-order valence-electron chi connectivity index (χ0n) is 10.3. The van der Waals surface area contributed by atoms with E-state index in [0.29, 0.717) is 0 Å². The van der Waals surface area contributed by atoms with E-state index in [2.05, 4.69) is 24.3 Å². The first-order valence-electron chi connectivity index (χ1n) is 6.79. The maximum atomic E-state index is 6.35. The van der Waals surface area contributed by atoms with Crippen LogP contribution in [0.5, 0.6) is 0 Å². The van der Waals surface area contributed by atoms with Gasteiger partial charge in [-0.3, -0.25) is 0 Å². The van der Waals surface area contributed by atoms with Crippen LogP contribution < -0.4 is 5.73 Å². The number of nitrogens with two attached hydrogens (primary N) is 1. The SMILES string of the molecule is NC(CC1CCC1)C1OCCc2ccccc21. The first-order chi connectivity index (χ1) is 8.34. The first kappa shape index (κ1) is 11.2. The van der Waals surface area contributed by atoms with Gasteiger partial charge in [-0.05, 0) is 29.9 Å². The fraction of sp³-hybridized carbons (Fsp3) is 0.600. The summed E-state index contributed by atoms with van der Waals surface area (Å²) in [5.41, 5.74) is 9.10. The molecule has 0 saturated heterocycles. The molecule has 0 aromatic heterocycles. The van der Waals surface area contributed by atoms with E-state index in [9.17, 15) is 0 Å². The lowest BCUT2D eigenvalue weighted by molar-refractivity contribution is 0.0159. The largest absolute Gasteiger partial charge is 0.372 e. The fourth-order valence-electron chi connectivity index (χ4n) is 3.02. The Hall–Kier alpha value is -0.860. The van der Waals surface area contributed by atoms with Crippen LogP contribution in [0.2, 0.25) is 0 Å². The fourth-order valence-corrected chi connectivity index (χ4v) is 3.02. The molecular formula is C15H21NO. The van der Waals surface area contributed by atoms with Crippen LogP contribution in [0.15, 0.2) is 24.3 Å². The summed E-state index contributed by atoms with van der Waals surface area (Å²) in [6.45, 7) is 0.819. The van der Waals surface area contributed by atoms with Crippen molar-refractivity contribution in [1.82, 2.24) is 0 Å². The van der Waals surface area contributed by atoms with Crippen LogP contribution in [0.4, 0.5) is 0 Å². The zero-order chi connectivity index (χ0) is 11.7. The van der Waals surface area contributed by atoms with E-state index < -0.39 is 0 Å². The molecule has 1 heterocycles. The normalized spacial score (nSPS) is 26.1. The van der Waals surface area contributed by atoms with Crippen molar-refractivity contribution >= 4 is 0 Å². The molecule has 2 heteroatoms. The highest BCUT2D eigenvalue weighted by molar-refractivity contribution is 5.31. The monoisotopic (exact) mass is 231 g/mol. The third-order valence-electron chi connectivity index (χ3n) is 4.25. The summed E-state index contributed by atoms with van der Waals surface area (Å²) in [5, 5.41) is 0. The number of ether oxygens (including phenoxy) is 1. The lowest BCUT2D eigenvalue weighted by Gasteiger charge is -2.34. The second-order valence-corrected chi connectivity index (χ2v) is 5.44. The van der Waals surface area contributed by atoms with E-state index >= 15 is 0 Å². The summed E-state index contributed by atoms with van der Waals surface area (Å²) >= 11 is 0. The third kappa shape index (κ3) is 2.24. The summed E-state index contributed by atoms with van der Waals surface area (Å²) in [6, 6.07) is 8.76. The molecular weight excluding hydrogens is 210 g/mol. The molecule has 2 aliphatic rings. The Morgan fingerprint density at radius 3 is 2.88 bits per heavy atom. The quantitative estimate of drug-likeness (QED) is 0.868. The molecule has 1 fully saturated rings. The van der Waals surface area contributed by atoms with Crippen molar-refractivity contribution in [1.29, 1.82) is 0 Å². The summed E-state index contributed by atoms with van der Waals surface area (Å²) in [4.78, 5) is 0. The lowest BCUT2D eigenvalue weighted by atomic mass is 9.79. The van der Waals surface area contributed by atoms with Crippen molar-refractivity contribution in [2.75, 3.05) is 6.61 Å². The lowest BCUT2D eigenvalue weighted by Crippen LogP contribution is -2.36. The minimum absolute atomic E-state index is 0.126. The van der Waals surface area contributed by atoms with Gasteiger partial charge < -0.3 is 10.5 Å². The molecule has 2 atom stereocenters. The van der Waals surface area contributed by atoms with E-state index in [1.807, 2.05) is 0 Å². The zero-order valence-corrected chi connectivity index (χ0v) is 10.3. The summed E-state index contributed by atoms with van der Waals surface area (Å²) in [5.74, 6) is 0.850. The van der Waals surface area contributed by atoms with Gasteiger partial charge in [0.25, 0.3) is 0 Å². The molecule has 1 aromatic carbocycles. The molecule has 3 rings (SSSR count). The predicted molar refractivity (Wildman–Crippen MR) is 68.8 cm³/mol. The van der Waals surface area contributed by atoms with E-state index in [-0.39, 0.29) is 12.1 Å². The van der Waals surface area contributed by atoms with E-state index in [1.54, 1.807) is 0 Å². The molecule has 1 aliphatic heterocycles. The van der Waals surface area contributed by atoms with Crippen molar-refractivity contribution in [2.24, 2.45) is 11.7 Å². The van der Waals surface area contributed by atoms with Gasteiger partial charge in [0.1, 0.15) is 0 Å². The highest BCUT2D eigenvalue weighted by Gasteiger charge is 2.29. The van der Waals surface area contributed by atoms with E-state index in [1.165, 1.54) is 30.4 Å². The van der Waals surface area contributed by atoms with Crippen LogP contribution in [0.1, 0.15) is 42.9 Å². The van der Waals surface area contributed by atoms with Crippen LogP contribution >= 0.6 is 0 Å².